The van der Waals surface area contributed by atoms with E-state index in [-0.39, 0.29) is 17.7 Å². The molecule has 6 heteroatoms. The van der Waals surface area contributed by atoms with Crippen LogP contribution in [-0.2, 0) is 23.2 Å². The van der Waals surface area contributed by atoms with E-state index in [2.05, 4.69) is 10.4 Å². The zero-order valence-electron chi connectivity index (χ0n) is 11.2. The van der Waals surface area contributed by atoms with E-state index in [9.17, 15) is 9.59 Å². The number of hydrogen-bond donors (Lipinski definition) is 2. The zero-order valence-corrected chi connectivity index (χ0v) is 11.2. The molecule has 0 aliphatic heterocycles. The van der Waals surface area contributed by atoms with Gasteiger partial charge in [-0.2, -0.15) is 5.10 Å². The second-order valence-electron chi connectivity index (χ2n) is 5.18. The normalized spacial score (nSPS) is 22.4. The molecular formula is C13H19N3O3. The average Bonchev–Trinajstić information content (AvgIpc) is 2.93. The lowest BCUT2D eigenvalue weighted by Crippen LogP contribution is -2.29. The molecule has 1 heterocycles. The van der Waals surface area contributed by atoms with Crippen LogP contribution in [0.3, 0.4) is 0 Å². The molecule has 2 N–H and O–H groups in total. The lowest BCUT2D eigenvalue weighted by Gasteiger charge is -2.10. The van der Waals surface area contributed by atoms with Crippen LogP contribution in [0.5, 0.6) is 0 Å². The Morgan fingerprint density at radius 2 is 2.16 bits per heavy atom. The molecule has 104 valence electrons. The third-order valence-corrected chi connectivity index (χ3v) is 3.72. The highest BCUT2D eigenvalue weighted by molar-refractivity contribution is 5.80. The molecule has 6 nitrogen and oxygen atoms in total. The number of carboxylic acid groups (broad SMARTS) is 1. The molecule has 1 aliphatic carbocycles. The Morgan fingerprint density at radius 3 is 2.68 bits per heavy atom. The summed E-state index contributed by atoms with van der Waals surface area (Å²) in [5, 5.41) is 16.0. The number of aromatic nitrogens is 2. The highest BCUT2D eigenvalue weighted by Gasteiger charge is 2.33. The fourth-order valence-corrected chi connectivity index (χ4v) is 2.59. The van der Waals surface area contributed by atoms with Gasteiger partial charge in [0.05, 0.1) is 11.6 Å². The van der Waals surface area contributed by atoms with Crippen LogP contribution in [0.4, 0.5) is 0 Å². The van der Waals surface area contributed by atoms with Gasteiger partial charge in [-0.3, -0.25) is 14.3 Å². The number of carbonyl (C=O) groups is 2. The number of aryl methyl sites for hydroxylation is 2. The average molecular weight is 265 g/mol. The molecule has 2 atom stereocenters. The van der Waals surface area contributed by atoms with Crippen LogP contribution in [0.15, 0.2) is 6.20 Å². The van der Waals surface area contributed by atoms with Gasteiger partial charge in [0.2, 0.25) is 5.91 Å². The second kappa shape index (κ2) is 5.42. The molecule has 19 heavy (non-hydrogen) atoms. The summed E-state index contributed by atoms with van der Waals surface area (Å²) < 4.78 is 1.72. The zero-order chi connectivity index (χ0) is 14.0. The molecule has 0 bridgehead atoms. The van der Waals surface area contributed by atoms with Crippen molar-refractivity contribution in [1.82, 2.24) is 15.1 Å². The Hall–Kier alpha value is -1.85. The monoisotopic (exact) mass is 265 g/mol. The molecular weight excluding hydrogens is 246 g/mol. The molecule has 1 aromatic rings. The highest BCUT2D eigenvalue weighted by Crippen LogP contribution is 2.31. The minimum Gasteiger partial charge on any atom is -0.481 e. The maximum Gasteiger partial charge on any atom is 0.306 e. The Morgan fingerprint density at radius 1 is 1.47 bits per heavy atom. The summed E-state index contributed by atoms with van der Waals surface area (Å²) >= 11 is 0. The molecule has 0 aromatic carbocycles. The minimum absolute atomic E-state index is 0.0491. The van der Waals surface area contributed by atoms with Gasteiger partial charge in [0.25, 0.3) is 0 Å². The molecule has 1 amide bonds. The van der Waals surface area contributed by atoms with Crippen molar-refractivity contribution in [1.29, 1.82) is 0 Å². The molecule has 1 saturated carbocycles. The number of carbonyl (C=O) groups excluding carboxylic acids is 1. The molecule has 1 aromatic heterocycles. The second-order valence-corrected chi connectivity index (χ2v) is 5.18. The van der Waals surface area contributed by atoms with Gasteiger partial charge in [0.15, 0.2) is 0 Å². The first kappa shape index (κ1) is 13.6. The maximum absolute atomic E-state index is 12.0. The van der Waals surface area contributed by atoms with Gasteiger partial charge in [-0.05, 0) is 26.2 Å². The van der Waals surface area contributed by atoms with Crippen LogP contribution in [0.1, 0.15) is 30.5 Å². The number of amides is 1. The van der Waals surface area contributed by atoms with Gasteiger partial charge in [0.1, 0.15) is 0 Å². The molecule has 0 radical (unpaired) electrons. The third kappa shape index (κ3) is 3.13. The molecule has 0 spiro atoms. The number of nitrogens with one attached hydrogen (secondary N) is 1. The number of hydrogen-bond acceptors (Lipinski definition) is 3. The summed E-state index contributed by atoms with van der Waals surface area (Å²) in [6.07, 6.45) is 3.59. The van der Waals surface area contributed by atoms with Crippen molar-refractivity contribution in [3.05, 3.63) is 17.5 Å². The number of aliphatic carboxylic acids is 1. The maximum atomic E-state index is 12.0. The minimum atomic E-state index is -0.793. The SMILES string of the molecule is Cc1nn(C)cc1CNC(=O)C1CCC(C(=O)O)C1. The third-order valence-electron chi connectivity index (χ3n) is 3.72. The first-order valence-corrected chi connectivity index (χ1v) is 6.47. The molecule has 0 saturated heterocycles. The summed E-state index contributed by atoms with van der Waals surface area (Å²) in [5.74, 6) is -1.38. The summed E-state index contributed by atoms with van der Waals surface area (Å²) in [7, 11) is 1.84. The topological polar surface area (TPSA) is 84.2 Å². The standard InChI is InChI=1S/C13H19N3O3/c1-8-11(7-16(2)15-8)6-14-12(17)9-3-4-10(5-9)13(18)19/h7,9-10H,3-6H2,1-2H3,(H,14,17)(H,18,19). The van der Waals surface area contributed by atoms with Crippen molar-refractivity contribution in [2.75, 3.05) is 0 Å². The summed E-state index contributed by atoms with van der Waals surface area (Å²) in [6.45, 7) is 2.35. The van der Waals surface area contributed by atoms with Crippen LogP contribution >= 0.6 is 0 Å². The number of carboxylic acids is 1. The van der Waals surface area contributed by atoms with E-state index >= 15 is 0 Å². The summed E-state index contributed by atoms with van der Waals surface area (Å²) in [6, 6.07) is 0. The van der Waals surface area contributed by atoms with Crippen LogP contribution in [-0.4, -0.2) is 26.8 Å². The van der Waals surface area contributed by atoms with E-state index in [0.29, 0.717) is 25.8 Å². The fraction of sp³-hybridized carbons (Fsp3) is 0.615. The van der Waals surface area contributed by atoms with E-state index in [1.807, 2.05) is 20.2 Å². The van der Waals surface area contributed by atoms with Gasteiger partial charge in [-0.15, -0.1) is 0 Å². The Balaban J connectivity index is 1.85. The Kier molecular flexibility index (Phi) is 3.87. The van der Waals surface area contributed by atoms with E-state index < -0.39 is 5.97 Å². The van der Waals surface area contributed by atoms with E-state index in [1.54, 1.807) is 4.68 Å². The number of rotatable bonds is 4. The smallest absolute Gasteiger partial charge is 0.306 e. The van der Waals surface area contributed by atoms with E-state index in [1.165, 1.54) is 0 Å². The fourth-order valence-electron chi connectivity index (χ4n) is 2.59. The van der Waals surface area contributed by atoms with Gasteiger partial charge in [-0.1, -0.05) is 0 Å². The first-order valence-electron chi connectivity index (χ1n) is 6.47. The molecule has 1 fully saturated rings. The van der Waals surface area contributed by atoms with Crippen molar-refractivity contribution in [3.63, 3.8) is 0 Å². The Bertz CT molecular complexity index is 495. The van der Waals surface area contributed by atoms with Crippen LogP contribution in [0, 0.1) is 18.8 Å². The largest absolute Gasteiger partial charge is 0.481 e. The van der Waals surface area contributed by atoms with Gasteiger partial charge >= 0.3 is 5.97 Å². The Labute approximate surface area is 111 Å². The predicted octanol–water partition coefficient (Wildman–Crippen LogP) is 0.846. The van der Waals surface area contributed by atoms with E-state index in [4.69, 9.17) is 5.11 Å². The number of nitrogens with zero attached hydrogens (tertiary/aromatic N) is 2. The first-order chi connectivity index (χ1) is 8.97. The van der Waals surface area contributed by atoms with Gasteiger partial charge in [0, 0.05) is 31.3 Å². The van der Waals surface area contributed by atoms with Crippen molar-refractivity contribution in [3.8, 4) is 0 Å². The lowest BCUT2D eigenvalue weighted by atomic mass is 10.0. The van der Waals surface area contributed by atoms with Crippen LogP contribution < -0.4 is 5.32 Å². The summed E-state index contributed by atoms with van der Waals surface area (Å²) in [5.41, 5.74) is 1.89. The molecule has 2 unspecified atom stereocenters. The van der Waals surface area contributed by atoms with Crippen LogP contribution in [0.25, 0.3) is 0 Å². The molecule has 2 rings (SSSR count). The van der Waals surface area contributed by atoms with Crippen molar-refractivity contribution < 1.29 is 14.7 Å². The summed E-state index contributed by atoms with van der Waals surface area (Å²) in [4.78, 5) is 22.8. The van der Waals surface area contributed by atoms with E-state index in [0.717, 1.165) is 11.3 Å². The van der Waals surface area contributed by atoms with Crippen LogP contribution in [0.2, 0.25) is 0 Å². The van der Waals surface area contributed by atoms with Gasteiger partial charge in [-0.25, -0.2) is 0 Å². The lowest BCUT2D eigenvalue weighted by molar-refractivity contribution is -0.141. The highest BCUT2D eigenvalue weighted by atomic mass is 16.4. The molecule has 1 aliphatic rings. The predicted molar refractivity (Wildman–Crippen MR) is 68.3 cm³/mol. The van der Waals surface area contributed by atoms with Crippen molar-refractivity contribution in [2.24, 2.45) is 18.9 Å². The van der Waals surface area contributed by atoms with Gasteiger partial charge < -0.3 is 10.4 Å². The van der Waals surface area contributed by atoms with Crippen molar-refractivity contribution in [2.45, 2.75) is 32.7 Å². The quantitative estimate of drug-likeness (QED) is 0.845. The van der Waals surface area contributed by atoms with Crippen molar-refractivity contribution >= 4 is 11.9 Å².